The molecule has 0 spiro atoms. The highest BCUT2D eigenvalue weighted by Crippen LogP contribution is 2.17. The highest BCUT2D eigenvalue weighted by Gasteiger charge is 2.14. The van der Waals surface area contributed by atoms with Gasteiger partial charge in [-0.2, -0.15) is 19.3 Å². The summed E-state index contributed by atoms with van der Waals surface area (Å²) in [6.07, 6.45) is 10.4. The summed E-state index contributed by atoms with van der Waals surface area (Å²) in [7, 11) is 3.95. The van der Waals surface area contributed by atoms with Crippen LogP contribution in [0.5, 0.6) is 0 Å². The smallest absolute Gasteiger partial charge is 0.213 e. The first kappa shape index (κ1) is 28.7. The van der Waals surface area contributed by atoms with Crippen molar-refractivity contribution in [2.24, 2.45) is 10.2 Å². The molecule has 0 saturated carbocycles. The van der Waals surface area contributed by atoms with Crippen LogP contribution < -0.4 is 19.2 Å². The molecule has 0 aliphatic carbocycles. The number of hydrogen-bond acceptors (Lipinski definition) is 4. The number of para-hydroxylation sites is 4. The van der Waals surface area contributed by atoms with Crippen LogP contribution in [0.15, 0.2) is 144 Å². The van der Waals surface area contributed by atoms with Gasteiger partial charge >= 0.3 is 0 Å². The second-order valence-corrected chi connectivity index (χ2v) is 10.9. The first-order chi connectivity index (χ1) is 21.7. The lowest BCUT2D eigenvalue weighted by Gasteiger charge is -2.12. The first-order valence-electron chi connectivity index (χ1n) is 15.2. The minimum Gasteiger partial charge on any atom is -0.269 e. The van der Waals surface area contributed by atoms with Crippen molar-refractivity contribution in [2.75, 3.05) is 24.1 Å². The van der Waals surface area contributed by atoms with Gasteiger partial charge in [-0.25, -0.2) is 0 Å². The van der Waals surface area contributed by atoms with Gasteiger partial charge in [-0.05, 0) is 36.4 Å². The topological polar surface area (TPSA) is 39.0 Å². The second-order valence-electron chi connectivity index (χ2n) is 10.9. The maximum atomic E-state index is 4.70. The third-order valence-corrected chi connectivity index (χ3v) is 7.96. The number of hydrogen-bond donors (Lipinski definition) is 0. The van der Waals surface area contributed by atoms with Crippen molar-refractivity contribution in [3.8, 4) is 0 Å². The van der Waals surface area contributed by atoms with Gasteiger partial charge in [0.2, 0.25) is 11.0 Å². The van der Waals surface area contributed by atoms with E-state index in [1.54, 1.807) is 0 Å². The fraction of sp³-hybridized carbons (Fsp3) is 0.158. The zero-order chi connectivity index (χ0) is 30.1. The maximum Gasteiger partial charge on any atom is 0.213 e. The van der Waals surface area contributed by atoms with E-state index >= 15 is 0 Å². The van der Waals surface area contributed by atoms with Crippen LogP contribution in [0.4, 0.5) is 11.4 Å². The normalized spacial score (nSPS) is 11.6. The minimum atomic E-state index is 0.955. The number of aryl methyl sites for hydroxylation is 2. The molecule has 0 unspecified atom stereocenters. The monoisotopic (exact) mass is 578 g/mol. The van der Waals surface area contributed by atoms with Gasteiger partial charge in [0.25, 0.3) is 0 Å². The van der Waals surface area contributed by atoms with Crippen LogP contribution in [0.1, 0.15) is 24.0 Å². The molecule has 6 rings (SSSR count). The predicted octanol–water partition coefficient (Wildman–Crippen LogP) is 6.99. The van der Waals surface area contributed by atoms with Crippen LogP contribution in [0.2, 0.25) is 0 Å². The molecule has 0 N–H and O–H groups in total. The molecule has 6 aromatic rings. The Morgan fingerprint density at radius 3 is 1.32 bits per heavy atom. The molecule has 44 heavy (non-hydrogen) atoms. The molecular formula is C38H38N6+2. The molecule has 0 fully saturated rings. The van der Waals surface area contributed by atoms with E-state index in [9.17, 15) is 0 Å². The third kappa shape index (κ3) is 6.65. The Balaban J connectivity index is 1.12. The second kappa shape index (κ2) is 13.7. The molecule has 0 aliphatic heterocycles. The van der Waals surface area contributed by atoms with E-state index in [-0.39, 0.29) is 0 Å². The summed E-state index contributed by atoms with van der Waals surface area (Å²) in [5.41, 5.74) is 6.79. The Labute approximate surface area is 259 Å². The molecule has 218 valence electrons. The number of nitrogens with zero attached hydrogens (tertiary/aromatic N) is 6. The molecular weight excluding hydrogens is 540 g/mol. The van der Waals surface area contributed by atoms with Gasteiger partial charge in [0.1, 0.15) is 13.1 Å². The van der Waals surface area contributed by atoms with Crippen molar-refractivity contribution < 1.29 is 9.13 Å². The summed E-state index contributed by atoms with van der Waals surface area (Å²) in [6.45, 7) is 1.91. The zero-order valence-electron chi connectivity index (χ0n) is 25.4. The number of benzene rings is 4. The molecule has 0 bridgehead atoms. The van der Waals surface area contributed by atoms with Gasteiger partial charge < -0.3 is 0 Å². The number of rotatable bonds is 11. The maximum absolute atomic E-state index is 4.70. The van der Waals surface area contributed by atoms with Crippen LogP contribution in [0.3, 0.4) is 0 Å². The minimum absolute atomic E-state index is 0.955. The average molecular weight is 579 g/mol. The summed E-state index contributed by atoms with van der Waals surface area (Å²) in [5, 5.41) is 15.6. The Morgan fingerprint density at radius 1 is 0.500 bits per heavy atom. The number of aromatic nitrogens is 2. The highest BCUT2D eigenvalue weighted by atomic mass is 15.4. The molecule has 4 aromatic carbocycles. The van der Waals surface area contributed by atoms with Gasteiger partial charge in [0, 0.05) is 62.3 Å². The number of unbranched alkanes of at least 4 members (excludes halogenated alkanes) is 1. The summed E-state index contributed by atoms with van der Waals surface area (Å²) in [5.74, 6) is 0. The Hall–Kier alpha value is -5.36. The lowest BCUT2D eigenvalue weighted by molar-refractivity contribution is -0.683. The molecule has 0 atom stereocenters. The SMILES string of the molecule is CN(N=Cc1cc[n+](CCCC[n+]2ccc(C=NN(C)c3ccccc3)c3ccccc32)c2ccccc12)c1ccccc1. The molecule has 6 heteroatoms. The first-order valence-corrected chi connectivity index (χ1v) is 15.2. The van der Waals surface area contributed by atoms with Gasteiger partial charge in [-0.1, -0.05) is 60.7 Å². The number of hydrazone groups is 2. The molecule has 2 heterocycles. The summed E-state index contributed by atoms with van der Waals surface area (Å²) in [4.78, 5) is 0. The zero-order valence-corrected chi connectivity index (χ0v) is 25.4. The van der Waals surface area contributed by atoms with Crippen molar-refractivity contribution in [3.05, 3.63) is 145 Å². The predicted molar refractivity (Wildman–Crippen MR) is 182 cm³/mol. The summed E-state index contributed by atoms with van der Waals surface area (Å²) < 4.78 is 4.72. The molecule has 0 aliphatic rings. The number of pyridine rings is 2. The Kier molecular flexibility index (Phi) is 8.98. The lowest BCUT2D eigenvalue weighted by Crippen LogP contribution is -2.37. The van der Waals surface area contributed by atoms with Gasteiger partial charge in [0.05, 0.1) is 34.6 Å². The fourth-order valence-electron chi connectivity index (χ4n) is 5.51. The molecule has 0 saturated heterocycles. The van der Waals surface area contributed by atoms with Crippen molar-refractivity contribution in [3.63, 3.8) is 0 Å². The third-order valence-electron chi connectivity index (χ3n) is 7.96. The van der Waals surface area contributed by atoms with Crippen molar-refractivity contribution in [2.45, 2.75) is 25.9 Å². The quantitative estimate of drug-likeness (QED) is 0.0720. The van der Waals surface area contributed by atoms with E-state index < -0.39 is 0 Å². The van der Waals surface area contributed by atoms with E-state index in [1.165, 1.54) is 21.8 Å². The van der Waals surface area contributed by atoms with E-state index in [0.717, 1.165) is 48.4 Å². The Bertz CT molecular complexity index is 1760. The molecule has 6 nitrogen and oxygen atoms in total. The van der Waals surface area contributed by atoms with E-state index in [1.807, 2.05) is 72.9 Å². The van der Waals surface area contributed by atoms with Gasteiger partial charge in [0.15, 0.2) is 12.4 Å². The standard InChI is InChI=1S/C38H38N6/c1-41(33-15-5-3-6-16-33)39-29-31-23-27-43(37-21-11-9-19-35(31)37)25-13-14-26-44-28-24-32(36-20-10-12-22-38(36)44)30-40-42(2)34-17-7-4-8-18-34/h3-12,15-24,27-30H,13-14,25-26H2,1-2H3/q+2. The molecule has 2 aromatic heterocycles. The molecule has 0 amide bonds. The van der Waals surface area contributed by atoms with E-state index in [2.05, 4.69) is 106 Å². The van der Waals surface area contributed by atoms with Crippen molar-refractivity contribution >= 4 is 45.6 Å². The Morgan fingerprint density at radius 2 is 0.886 bits per heavy atom. The van der Waals surface area contributed by atoms with Crippen LogP contribution in [0, 0.1) is 0 Å². The highest BCUT2D eigenvalue weighted by molar-refractivity contribution is 5.97. The fourth-order valence-corrected chi connectivity index (χ4v) is 5.51. The van der Waals surface area contributed by atoms with Gasteiger partial charge in [-0.15, -0.1) is 0 Å². The largest absolute Gasteiger partial charge is 0.269 e. The van der Waals surface area contributed by atoms with Crippen LogP contribution in [-0.4, -0.2) is 26.5 Å². The van der Waals surface area contributed by atoms with Crippen LogP contribution in [-0.2, 0) is 13.1 Å². The summed E-state index contributed by atoms with van der Waals surface area (Å²) >= 11 is 0. The van der Waals surface area contributed by atoms with Crippen molar-refractivity contribution in [1.29, 1.82) is 0 Å². The van der Waals surface area contributed by atoms with Crippen molar-refractivity contribution in [1.82, 2.24) is 0 Å². The number of fused-ring (bicyclic) bond motifs is 2. The van der Waals surface area contributed by atoms with E-state index in [4.69, 9.17) is 10.2 Å². The summed E-state index contributed by atoms with van der Waals surface area (Å²) in [6, 6.07) is 41.9. The number of anilines is 2. The molecule has 0 radical (unpaired) electrons. The average Bonchev–Trinajstić information content (AvgIpc) is 3.09. The van der Waals surface area contributed by atoms with E-state index in [0.29, 0.717) is 0 Å². The van der Waals surface area contributed by atoms with Crippen LogP contribution >= 0.6 is 0 Å². The lowest BCUT2D eigenvalue weighted by atomic mass is 10.1. The van der Waals surface area contributed by atoms with Crippen LogP contribution in [0.25, 0.3) is 21.8 Å². The van der Waals surface area contributed by atoms with Gasteiger partial charge in [-0.3, -0.25) is 10.0 Å².